The molecule has 2 atom stereocenters. The lowest BCUT2D eigenvalue weighted by Gasteiger charge is -2.35. The summed E-state index contributed by atoms with van der Waals surface area (Å²) in [6, 6.07) is 15.1. The Bertz CT molecular complexity index is 1100. The SMILES string of the molecule is Cc1ccc([C@@H]2C3=C(C[C@@H](c4ccccc4O)CC3=O)Nc3ncnn32)cc1. The number of allylic oxidation sites excluding steroid dienone is 2. The predicted molar refractivity (Wildman–Crippen MR) is 105 cm³/mol. The number of rotatable bonds is 2. The molecule has 6 heteroatoms. The van der Waals surface area contributed by atoms with Crippen LogP contribution in [0.25, 0.3) is 0 Å². The van der Waals surface area contributed by atoms with Crippen LogP contribution in [0, 0.1) is 6.92 Å². The fourth-order valence-electron chi connectivity index (χ4n) is 4.26. The van der Waals surface area contributed by atoms with Crippen molar-refractivity contribution in [2.75, 3.05) is 5.32 Å². The van der Waals surface area contributed by atoms with Gasteiger partial charge in [-0.2, -0.15) is 10.1 Å². The highest BCUT2D eigenvalue weighted by molar-refractivity contribution is 6.00. The number of carbonyl (C=O) groups excluding carboxylic acids is 1. The van der Waals surface area contributed by atoms with Crippen molar-refractivity contribution in [3.05, 3.63) is 82.8 Å². The third-order valence-corrected chi connectivity index (χ3v) is 5.63. The summed E-state index contributed by atoms with van der Waals surface area (Å²) in [5.74, 6) is 0.885. The normalized spacial score (nSPS) is 21.1. The molecule has 140 valence electrons. The Hall–Kier alpha value is -3.41. The number of Topliss-reactive ketones (excluding diaryl/α,β-unsaturated/α-hetero) is 1. The third-order valence-electron chi connectivity index (χ3n) is 5.63. The molecule has 28 heavy (non-hydrogen) atoms. The van der Waals surface area contributed by atoms with Gasteiger partial charge in [0, 0.05) is 23.6 Å². The molecule has 6 nitrogen and oxygen atoms in total. The Labute approximate surface area is 162 Å². The topological polar surface area (TPSA) is 80.0 Å². The van der Waals surface area contributed by atoms with Gasteiger partial charge in [-0.15, -0.1) is 0 Å². The first-order chi connectivity index (χ1) is 13.6. The standard InChI is InChI=1S/C22H20N4O2/c1-13-6-8-14(9-7-13)21-20-17(25-22-23-12-24-26(21)22)10-15(11-19(20)28)16-4-2-3-5-18(16)27/h2-9,12,15,21,27H,10-11H2,1H3,(H,23,24,25)/t15-,21-/m1/s1. The molecule has 1 aliphatic carbocycles. The minimum atomic E-state index is -0.285. The zero-order chi connectivity index (χ0) is 19.3. The van der Waals surface area contributed by atoms with E-state index in [9.17, 15) is 9.90 Å². The van der Waals surface area contributed by atoms with E-state index in [0.29, 0.717) is 18.8 Å². The molecule has 2 aromatic carbocycles. The Balaban J connectivity index is 1.61. The molecule has 0 spiro atoms. The van der Waals surface area contributed by atoms with Gasteiger partial charge in [0.25, 0.3) is 0 Å². The Morgan fingerprint density at radius 1 is 1.11 bits per heavy atom. The first kappa shape index (κ1) is 16.7. The van der Waals surface area contributed by atoms with Crippen molar-refractivity contribution in [3.8, 4) is 5.75 Å². The maximum atomic E-state index is 13.3. The highest BCUT2D eigenvalue weighted by Crippen LogP contribution is 2.45. The van der Waals surface area contributed by atoms with Gasteiger partial charge in [-0.1, -0.05) is 48.0 Å². The fourth-order valence-corrected chi connectivity index (χ4v) is 4.26. The van der Waals surface area contributed by atoms with Crippen molar-refractivity contribution in [2.24, 2.45) is 0 Å². The smallest absolute Gasteiger partial charge is 0.226 e. The largest absolute Gasteiger partial charge is 0.508 e. The first-order valence-corrected chi connectivity index (χ1v) is 9.39. The van der Waals surface area contributed by atoms with Crippen LogP contribution in [0.3, 0.4) is 0 Å². The second kappa shape index (κ2) is 6.34. The van der Waals surface area contributed by atoms with Crippen molar-refractivity contribution in [3.63, 3.8) is 0 Å². The molecule has 1 aromatic heterocycles. The molecule has 0 saturated carbocycles. The van der Waals surface area contributed by atoms with Crippen LogP contribution in [0.5, 0.6) is 5.75 Å². The number of nitrogens with one attached hydrogen (secondary N) is 1. The lowest BCUT2D eigenvalue weighted by molar-refractivity contribution is -0.116. The number of para-hydroxylation sites is 1. The van der Waals surface area contributed by atoms with Gasteiger partial charge in [-0.05, 0) is 30.5 Å². The highest BCUT2D eigenvalue weighted by Gasteiger charge is 2.39. The maximum Gasteiger partial charge on any atom is 0.226 e. The molecule has 1 aliphatic heterocycles. The van der Waals surface area contributed by atoms with Crippen LogP contribution >= 0.6 is 0 Å². The van der Waals surface area contributed by atoms with Gasteiger partial charge >= 0.3 is 0 Å². The van der Waals surface area contributed by atoms with Gasteiger partial charge < -0.3 is 10.4 Å². The van der Waals surface area contributed by atoms with Crippen LogP contribution in [-0.4, -0.2) is 25.7 Å². The fraction of sp³-hybridized carbons (Fsp3) is 0.227. The maximum absolute atomic E-state index is 13.3. The zero-order valence-corrected chi connectivity index (χ0v) is 15.5. The quantitative estimate of drug-likeness (QED) is 0.717. The van der Waals surface area contributed by atoms with Crippen molar-refractivity contribution < 1.29 is 9.90 Å². The summed E-state index contributed by atoms with van der Waals surface area (Å²) in [4.78, 5) is 17.6. The molecule has 0 unspecified atom stereocenters. The van der Waals surface area contributed by atoms with Gasteiger partial charge in [0.05, 0.1) is 0 Å². The first-order valence-electron chi connectivity index (χ1n) is 9.39. The molecular weight excluding hydrogens is 352 g/mol. The van der Waals surface area contributed by atoms with Crippen LogP contribution in [0.15, 0.2) is 66.1 Å². The van der Waals surface area contributed by atoms with Crippen molar-refractivity contribution in [1.82, 2.24) is 14.8 Å². The van der Waals surface area contributed by atoms with Gasteiger partial charge in [-0.25, -0.2) is 4.68 Å². The van der Waals surface area contributed by atoms with Crippen LogP contribution < -0.4 is 5.32 Å². The van der Waals surface area contributed by atoms with Crippen LogP contribution in [-0.2, 0) is 4.79 Å². The summed E-state index contributed by atoms with van der Waals surface area (Å²) in [6.45, 7) is 2.04. The summed E-state index contributed by atoms with van der Waals surface area (Å²) in [7, 11) is 0. The predicted octanol–water partition coefficient (Wildman–Crippen LogP) is 3.71. The number of fused-ring (bicyclic) bond motifs is 1. The number of phenolic OH excluding ortho intramolecular Hbond substituents is 1. The van der Waals surface area contributed by atoms with E-state index in [1.54, 1.807) is 16.8 Å². The van der Waals surface area contributed by atoms with E-state index in [2.05, 4.69) is 15.4 Å². The molecular formula is C22H20N4O2. The molecule has 0 bridgehead atoms. The van der Waals surface area contributed by atoms with E-state index in [1.807, 2.05) is 43.3 Å². The molecule has 5 rings (SSSR count). The number of benzene rings is 2. The van der Waals surface area contributed by atoms with E-state index in [-0.39, 0.29) is 23.5 Å². The van der Waals surface area contributed by atoms with E-state index >= 15 is 0 Å². The monoisotopic (exact) mass is 372 g/mol. The van der Waals surface area contributed by atoms with Crippen LogP contribution in [0.1, 0.15) is 41.5 Å². The Morgan fingerprint density at radius 3 is 2.68 bits per heavy atom. The number of phenols is 1. The van der Waals surface area contributed by atoms with Crippen molar-refractivity contribution in [2.45, 2.75) is 31.7 Å². The van der Waals surface area contributed by atoms with E-state index in [4.69, 9.17) is 0 Å². The molecule has 2 N–H and O–H groups in total. The number of anilines is 1. The number of hydrogen-bond acceptors (Lipinski definition) is 5. The number of nitrogens with zero attached hydrogens (tertiary/aromatic N) is 3. The van der Waals surface area contributed by atoms with Crippen LogP contribution in [0.4, 0.5) is 5.95 Å². The van der Waals surface area contributed by atoms with E-state index in [0.717, 1.165) is 22.4 Å². The minimum Gasteiger partial charge on any atom is -0.508 e. The number of hydrogen-bond donors (Lipinski definition) is 2. The minimum absolute atomic E-state index is 0.0620. The highest BCUT2D eigenvalue weighted by atomic mass is 16.3. The summed E-state index contributed by atoms with van der Waals surface area (Å²) in [5.41, 5.74) is 4.60. The average Bonchev–Trinajstić information content (AvgIpc) is 3.15. The number of aromatic hydroxyl groups is 1. The molecule has 3 aromatic rings. The molecule has 0 saturated heterocycles. The van der Waals surface area contributed by atoms with E-state index in [1.165, 1.54) is 11.9 Å². The van der Waals surface area contributed by atoms with Gasteiger partial charge in [-0.3, -0.25) is 4.79 Å². The molecule has 0 fully saturated rings. The Kier molecular flexibility index (Phi) is 3.79. The average molecular weight is 372 g/mol. The molecule has 2 heterocycles. The summed E-state index contributed by atoms with van der Waals surface area (Å²) < 4.78 is 1.78. The summed E-state index contributed by atoms with van der Waals surface area (Å²) >= 11 is 0. The molecule has 0 amide bonds. The number of aryl methyl sites for hydroxylation is 1. The van der Waals surface area contributed by atoms with E-state index < -0.39 is 0 Å². The van der Waals surface area contributed by atoms with Gasteiger partial charge in [0.1, 0.15) is 18.1 Å². The zero-order valence-electron chi connectivity index (χ0n) is 15.5. The molecule has 2 aliphatic rings. The lowest BCUT2D eigenvalue weighted by Crippen LogP contribution is -2.33. The molecule has 0 radical (unpaired) electrons. The summed E-state index contributed by atoms with van der Waals surface area (Å²) in [5, 5.41) is 17.9. The second-order valence-corrected chi connectivity index (χ2v) is 7.45. The van der Waals surface area contributed by atoms with Crippen molar-refractivity contribution in [1.29, 1.82) is 0 Å². The Morgan fingerprint density at radius 2 is 1.89 bits per heavy atom. The summed E-state index contributed by atoms with van der Waals surface area (Å²) in [6.07, 6.45) is 2.52. The van der Waals surface area contributed by atoms with Crippen molar-refractivity contribution >= 4 is 11.7 Å². The van der Waals surface area contributed by atoms with Crippen LogP contribution in [0.2, 0.25) is 0 Å². The van der Waals surface area contributed by atoms with Gasteiger partial charge in [0.15, 0.2) is 5.78 Å². The van der Waals surface area contributed by atoms with Gasteiger partial charge in [0.2, 0.25) is 5.95 Å². The lowest BCUT2D eigenvalue weighted by atomic mass is 9.77. The number of carbonyl (C=O) groups is 1. The number of aromatic nitrogens is 3. The second-order valence-electron chi connectivity index (χ2n) is 7.45. The third kappa shape index (κ3) is 2.60. The number of ketones is 1.